The summed E-state index contributed by atoms with van der Waals surface area (Å²) >= 11 is 11.6. The summed E-state index contributed by atoms with van der Waals surface area (Å²) in [7, 11) is 0. The molecule has 3 rings (SSSR count). The molecule has 1 aliphatic rings. The SMILES string of the molecule is N#CC[C@@H]1C[C@@H](Nc2c([N+](=O)[O-])c(Cl)nc3c(F)c(Cl)ncc23)CCN1C(=O)O. The number of piperidine rings is 1. The van der Waals surface area contributed by atoms with Gasteiger partial charge in [-0.25, -0.2) is 19.2 Å². The smallest absolute Gasteiger partial charge is 0.407 e. The summed E-state index contributed by atoms with van der Waals surface area (Å²) in [5, 5.41) is 31.8. The van der Waals surface area contributed by atoms with Crippen LogP contribution in [0.25, 0.3) is 10.9 Å². The highest BCUT2D eigenvalue weighted by molar-refractivity contribution is 6.33. The Hall–Kier alpha value is -2.97. The van der Waals surface area contributed by atoms with Gasteiger partial charge in [0.15, 0.2) is 11.0 Å². The average Bonchev–Trinajstić information content (AvgIpc) is 2.65. The number of nitrogens with zero attached hydrogens (tertiary/aromatic N) is 5. The summed E-state index contributed by atoms with van der Waals surface area (Å²) in [6, 6.07) is 0.927. The van der Waals surface area contributed by atoms with E-state index >= 15 is 0 Å². The van der Waals surface area contributed by atoms with Crippen molar-refractivity contribution < 1.29 is 19.2 Å². The van der Waals surface area contributed by atoms with Crippen LogP contribution in [0.1, 0.15) is 19.3 Å². The van der Waals surface area contributed by atoms with E-state index in [-0.39, 0.29) is 36.0 Å². The second-order valence-corrected chi connectivity index (χ2v) is 7.08. The van der Waals surface area contributed by atoms with Crippen LogP contribution in [0.15, 0.2) is 6.20 Å². The van der Waals surface area contributed by atoms with Gasteiger partial charge in [-0.2, -0.15) is 5.26 Å². The van der Waals surface area contributed by atoms with Crippen LogP contribution < -0.4 is 5.32 Å². The molecule has 1 fully saturated rings. The molecule has 1 saturated heterocycles. The van der Waals surface area contributed by atoms with Gasteiger partial charge in [-0.1, -0.05) is 23.2 Å². The lowest BCUT2D eigenvalue weighted by Crippen LogP contribution is -2.48. The first-order chi connectivity index (χ1) is 13.7. The van der Waals surface area contributed by atoms with E-state index in [1.165, 1.54) is 0 Å². The third-order valence-corrected chi connectivity index (χ3v) is 5.21. The van der Waals surface area contributed by atoms with Gasteiger partial charge in [-0.15, -0.1) is 0 Å². The second kappa shape index (κ2) is 8.18. The number of nitriles is 1. The van der Waals surface area contributed by atoms with E-state index < -0.39 is 44.9 Å². The number of anilines is 1. The maximum atomic E-state index is 14.4. The summed E-state index contributed by atoms with van der Waals surface area (Å²) in [5.41, 5.74) is -0.919. The van der Waals surface area contributed by atoms with Gasteiger partial charge in [0, 0.05) is 24.8 Å². The lowest BCUT2D eigenvalue weighted by atomic mass is 9.95. The van der Waals surface area contributed by atoms with Crippen LogP contribution in [0.4, 0.5) is 20.6 Å². The van der Waals surface area contributed by atoms with Gasteiger partial charge in [-0.3, -0.25) is 10.1 Å². The van der Waals surface area contributed by atoms with Crippen molar-refractivity contribution in [3.8, 4) is 6.07 Å². The fourth-order valence-electron chi connectivity index (χ4n) is 3.38. The molecule has 13 heteroatoms. The maximum absolute atomic E-state index is 14.4. The topological polar surface area (TPSA) is 145 Å². The summed E-state index contributed by atoms with van der Waals surface area (Å²) in [4.78, 5) is 30.8. The Morgan fingerprint density at radius 1 is 1.52 bits per heavy atom. The highest BCUT2D eigenvalue weighted by atomic mass is 35.5. The Bertz CT molecular complexity index is 1050. The molecule has 2 atom stereocenters. The first kappa shape index (κ1) is 20.8. The first-order valence-electron chi connectivity index (χ1n) is 8.35. The van der Waals surface area contributed by atoms with Gasteiger partial charge in [0.05, 0.1) is 22.8 Å². The van der Waals surface area contributed by atoms with Crippen LogP contribution in [0.3, 0.4) is 0 Å². The molecule has 152 valence electrons. The molecular weight excluding hydrogens is 430 g/mol. The van der Waals surface area contributed by atoms with Crippen LogP contribution in [-0.2, 0) is 0 Å². The number of likely N-dealkylation sites (tertiary alicyclic amines) is 1. The van der Waals surface area contributed by atoms with Crippen molar-refractivity contribution in [2.75, 3.05) is 11.9 Å². The van der Waals surface area contributed by atoms with Gasteiger partial charge in [0.1, 0.15) is 11.2 Å². The predicted octanol–water partition coefficient (Wildman–Crippen LogP) is 3.82. The van der Waals surface area contributed by atoms with Crippen molar-refractivity contribution in [3.05, 3.63) is 32.4 Å². The molecule has 1 amide bonds. The minimum atomic E-state index is -1.15. The molecule has 10 nitrogen and oxygen atoms in total. The van der Waals surface area contributed by atoms with Crippen molar-refractivity contribution >= 4 is 51.6 Å². The largest absolute Gasteiger partial charge is 0.465 e. The molecular formula is C16H13Cl2FN6O4. The van der Waals surface area contributed by atoms with E-state index in [0.717, 1.165) is 11.1 Å². The zero-order valence-electron chi connectivity index (χ0n) is 14.6. The molecule has 0 spiro atoms. The van der Waals surface area contributed by atoms with Gasteiger partial charge in [0.2, 0.25) is 5.15 Å². The molecule has 2 aromatic heterocycles. The van der Waals surface area contributed by atoms with Gasteiger partial charge >= 0.3 is 11.8 Å². The summed E-state index contributed by atoms with van der Waals surface area (Å²) < 4.78 is 14.4. The lowest BCUT2D eigenvalue weighted by Gasteiger charge is -2.37. The highest BCUT2D eigenvalue weighted by Gasteiger charge is 2.34. The number of rotatable bonds is 4. The Labute approximate surface area is 173 Å². The molecule has 1 aliphatic heterocycles. The Morgan fingerprint density at radius 3 is 2.86 bits per heavy atom. The van der Waals surface area contributed by atoms with E-state index in [2.05, 4.69) is 15.3 Å². The fourth-order valence-corrected chi connectivity index (χ4v) is 3.77. The predicted molar refractivity (Wildman–Crippen MR) is 102 cm³/mol. The standard InChI is InChI=1S/C16H13Cl2FN6O4/c17-14-10(19)11-9(6-21-14)12(13(25(28)29)15(18)23-11)22-7-2-4-24(16(26)27)8(5-7)1-3-20/h6-8H,1-2,4-5H2,(H,22,23)(H,26,27)/t7-,8+/m0/s1. The molecule has 2 N–H and O–H groups in total. The zero-order valence-corrected chi connectivity index (χ0v) is 16.1. The highest BCUT2D eigenvalue weighted by Crippen LogP contribution is 2.40. The molecule has 2 aromatic rings. The number of pyridine rings is 2. The van der Waals surface area contributed by atoms with E-state index in [1.807, 2.05) is 6.07 Å². The van der Waals surface area contributed by atoms with Gasteiger partial charge < -0.3 is 15.3 Å². The molecule has 29 heavy (non-hydrogen) atoms. The van der Waals surface area contributed by atoms with Crippen LogP contribution in [0.2, 0.25) is 10.3 Å². The van der Waals surface area contributed by atoms with Crippen LogP contribution in [0, 0.1) is 27.3 Å². The fraction of sp³-hybridized carbons (Fsp3) is 0.375. The minimum Gasteiger partial charge on any atom is -0.465 e. The summed E-state index contributed by atoms with van der Waals surface area (Å²) in [6.07, 6.45) is 0.514. The number of nitrogens with one attached hydrogen (secondary N) is 1. The van der Waals surface area contributed by atoms with Crippen molar-refractivity contribution in [2.45, 2.75) is 31.3 Å². The second-order valence-electron chi connectivity index (χ2n) is 6.37. The van der Waals surface area contributed by atoms with Crippen molar-refractivity contribution in [2.24, 2.45) is 0 Å². The quantitative estimate of drug-likeness (QED) is 0.412. The maximum Gasteiger partial charge on any atom is 0.407 e. The van der Waals surface area contributed by atoms with Crippen molar-refractivity contribution in [1.82, 2.24) is 14.9 Å². The molecule has 0 aromatic carbocycles. The van der Waals surface area contributed by atoms with Crippen LogP contribution in [0.5, 0.6) is 0 Å². The molecule has 0 saturated carbocycles. The summed E-state index contributed by atoms with van der Waals surface area (Å²) in [6.45, 7) is 0.127. The van der Waals surface area contributed by atoms with E-state index in [0.29, 0.717) is 6.42 Å². The molecule has 0 aliphatic carbocycles. The number of halogens is 3. The van der Waals surface area contributed by atoms with Crippen molar-refractivity contribution in [1.29, 1.82) is 5.26 Å². The number of carbonyl (C=O) groups is 1. The van der Waals surface area contributed by atoms with Crippen molar-refractivity contribution in [3.63, 3.8) is 0 Å². The Balaban J connectivity index is 2.04. The third-order valence-electron chi connectivity index (χ3n) is 4.68. The number of aromatic nitrogens is 2. The monoisotopic (exact) mass is 442 g/mol. The van der Waals surface area contributed by atoms with Crippen LogP contribution in [-0.4, -0.2) is 49.6 Å². The number of amides is 1. The Kier molecular flexibility index (Phi) is 5.86. The molecule has 0 unspecified atom stereocenters. The number of fused-ring (bicyclic) bond motifs is 1. The number of carboxylic acid groups (broad SMARTS) is 1. The lowest BCUT2D eigenvalue weighted by molar-refractivity contribution is -0.384. The molecule has 0 bridgehead atoms. The van der Waals surface area contributed by atoms with Crippen LogP contribution >= 0.6 is 23.2 Å². The Morgan fingerprint density at radius 2 is 2.24 bits per heavy atom. The zero-order chi connectivity index (χ0) is 21.3. The van der Waals surface area contributed by atoms with E-state index in [1.54, 1.807) is 0 Å². The minimum absolute atomic E-state index is 0.0143. The normalized spacial score (nSPS) is 19.0. The number of hydrogen-bond acceptors (Lipinski definition) is 7. The van der Waals surface area contributed by atoms with E-state index in [9.17, 15) is 24.4 Å². The average molecular weight is 443 g/mol. The molecule has 0 radical (unpaired) electrons. The number of nitro groups is 1. The van der Waals surface area contributed by atoms with Gasteiger partial charge in [-0.05, 0) is 12.8 Å². The third kappa shape index (κ3) is 3.94. The number of hydrogen-bond donors (Lipinski definition) is 2. The van der Waals surface area contributed by atoms with E-state index in [4.69, 9.17) is 28.5 Å². The first-order valence-corrected chi connectivity index (χ1v) is 9.10. The van der Waals surface area contributed by atoms with Gasteiger partial charge in [0.25, 0.3) is 0 Å². The molecule has 3 heterocycles. The summed E-state index contributed by atoms with van der Waals surface area (Å²) in [5.74, 6) is -0.966.